The summed E-state index contributed by atoms with van der Waals surface area (Å²) in [6, 6.07) is 5.64. The van der Waals surface area contributed by atoms with Gasteiger partial charge < -0.3 is 9.73 Å². The molecular weight excluding hydrogens is 318 g/mol. The van der Waals surface area contributed by atoms with Crippen LogP contribution in [-0.4, -0.2) is 25.1 Å². The minimum Gasteiger partial charge on any atom is -0.415 e. The fourth-order valence-corrected chi connectivity index (χ4v) is 2.08. The van der Waals surface area contributed by atoms with E-state index in [1.54, 1.807) is 6.20 Å². The normalized spacial score (nSPS) is 12.3. The van der Waals surface area contributed by atoms with Gasteiger partial charge in [-0.05, 0) is 18.6 Å². The SMILES string of the molecule is CCC(Nc1ncc(-c2nnc(C(F)F)o2)cn1)c1ccccn1. The smallest absolute Gasteiger partial charge is 0.314 e. The van der Waals surface area contributed by atoms with Gasteiger partial charge in [0.05, 0.1) is 17.3 Å². The molecule has 0 aliphatic heterocycles. The molecule has 3 aromatic heterocycles. The number of pyridine rings is 1. The number of nitrogens with zero attached hydrogens (tertiary/aromatic N) is 5. The molecule has 1 unspecified atom stereocenters. The van der Waals surface area contributed by atoms with Gasteiger partial charge in [-0.1, -0.05) is 13.0 Å². The van der Waals surface area contributed by atoms with Gasteiger partial charge in [0.1, 0.15) is 0 Å². The standard InChI is InChI=1S/C15H14F2N6O/c1-2-10(11-5-3-4-6-18-11)21-15-19-7-9(8-20-15)13-22-23-14(24-13)12(16)17/h3-8,10,12H,2H2,1H3,(H,19,20,21). The molecular formula is C15H14F2N6O. The number of halogens is 2. The Bertz CT molecular complexity index is 778. The van der Waals surface area contributed by atoms with Crippen LogP contribution in [0.5, 0.6) is 0 Å². The first kappa shape index (κ1) is 15.9. The quantitative estimate of drug-likeness (QED) is 0.739. The summed E-state index contributed by atoms with van der Waals surface area (Å²) in [5, 5.41) is 10.0. The maximum atomic E-state index is 12.5. The lowest BCUT2D eigenvalue weighted by Gasteiger charge is -2.16. The number of alkyl halides is 2. The number of hydrogen-bond acceptors (Lipinski definition) is 7. The summed E-state index contributed by atoms with van der Waals surface area (Å²) in [5.41, 5.74) is 1.25. The molecule has 1 N–H and O–H groups in total. The molecule has 3 heterocycles. The third-order valence-electron chi connectivity index (χ3n) is 3.28. The van der Waals surface area contributed by atoms with Crippen LogP contribution in [0.4, 0.5) is 14.7 Å². The van der Waals surface area contributed by atoms with E-state index in [1.165, 1.54) is 12.4 Å². The largest absolute Gasteiger partial charge is 0.415 e. The summed E-state index contributed by atoms with van der Waals surface area (Å²) in [7, 11) is 0. The van der Waals surface area contributed by atoms with Crippen molar-refractivity contribution in [2.75, 3.05) is 5.32 Å². The zero-order chi connectivity index (χ0) is 16.9. The number of anilines is 1. The van der Waals surface area contributed by atoms with Crippen LogP contribution in [0.2, 0.25) is 0 Å². The highest BCUT2D eigenvalue weighted by molar-refractivity contribution is 5.50. The lowest BCUT2D eigenvalue weighted by molar-refractivity contribution is 0.116. The Balaban J connectivity index is 1.74. The second-order valence-electron chi connectivity index (χ2n) is 4.90. The van der Waals surface area contributed by atoms with Crippen LogP contribution in [0.15, 0.2) is 41.2 Å². The molecule has 7 nitrogen and oxygen atoms in total. The number of hydrogen-bond donors (Lipinski definition) is 1. The van der Waals surface area contributed by atoms with Crippen LogP contribution < -0.4 is 5.32 Å². The van der Waals surface area contributed by atoms with Crippen molar-refractivity contribution >= 4 is 5.95 Å². The number of rotatable bonds is 6. The first-order valence-corrected chi connectivity index (χ1v) is 7.28. The average Bonchev–Trinajstić information content (AvgIpc) is 3.11. The molecule has 0 saturated carbocycles. The topological polar surface area (TPSA) is 89.6 Å². The molecule has 0 aromatic carbocycles. The van der Waals surface area contributed by atoms with E-state index < -0.39 is 12.3 Å². The molecule has 0 aliphatic carbocycles. The predicted molar refractivity (Wildman–Crippen MR) is 81.2 cm³/mol. The minimum atomic E-state index is -2.81. The first-order valence-electron chi connectivity index (χ1n) is 7.28. The van der Waals surface area contributed by atoms with Crippen LogP contribution in [-0.2, 0) is 0 Å². The Morgan fingerprint density at radius 2 is 1.92 bits per heavy atom. The van der Waals surface area contributed by atoms with Gasteiger partial charge in [-0.2, -0.15) is 8.78 Å². The molecule has 0 radical (unpaired) electrons. The lowest BCUT2D eigenvalue weighted by Crippen LogP contribution is -2.13. The van der Waals surface area contributed by atoms with Crippen molar-refractivity contribution in [3.63, 3.8) is 0 Å². The Morgan fingerprint density at radius 3 is 2.50 bits per heavy atom. The van der Waals surface area contributed by atoms with Crippen molar-refractivity contribution in [1.29, 1.82) is 0 Å². The van der Waals surface area contributed by atoms with Crippen LogP contribution >= 0.6 is 0 Å². The van der Waals surface area contributed by atoms with Crippen molar-refractivity contribution < 1.29 is 13.2 Å². The molecule has 1 atom stereocenters. The molecule has 0 spiro atoms. The summed E-state index contributed by atoms with van der Waals surface area (Å²) in [6.45, 7) is 2.02. The Hall–Kier alpha value is -2.97. The summed E-state index contributed by atoms with van der Waals surface area (Å²) in [4.78, 5) is 12.6. The maximum absolute atomic E-state index is 12.5. The van der Waals surface area contributed by atoms with Crippen molar-refractivity contribution in [3.05, 3.63) is 48.4 Å². The predicted octanol–water partition coefficient (Wildman–Crippen LogP) is 3.42. The molecule has 124 valence electrons. The van der Waals surface area contributed by atoms with Gasteiger partial charge in [-0.15, -0.1) is 10.2 Å². The van der Waals surface area contributed by atoms with Crippen molar-refractivity contribution in [2.24, 2.45) is 0 Å². The first-order chi connectivity index (χ1) is 11.7. The van der Waals surface area contributed by atoms with Gasteiger partial charge >= 0.3 is 6.43 Å². The number of aromatic nitrogens is 5. The molecule has 0 fully saturated rings. The maximum Gasteiger partial charge on any atom is 0.314 e. The Kier molecular flexibility index (Phi) is 4.69. The Labute approximate surface area is 136 Å². The molecule has 0 saturated heterocycles. The molecule has 9 heteroatoms. The highest BCUT2D eigenvalue weighted by Crippen LogP contribution is 2.23. The fraction of sp³-hybridized carbons (Fsp3) is 0.267. The third-order valence-corrected chi connectivity index (χ3v) is 3.28. The summed E-state index contributed by atoms with van der Waals surface area (Å²) in [5.74, 6) is -0.383. The molecule has 0 bridgehead atoms. The number of nitrogens with one attached hydrogen (secondary N) is 1. The van der Waals surface area contributed by atoms with E-state index in [9.17, 15) is 8.78 Å². The second kappa shape index (κ2) is 7.07. The van der Waals surface area contributed by atoms with E-state index in [1.807, 2.05) is 25.1 Å². The summed E-state index contributed by atoms with van der Waals surface area (Å²) in [6.07, 6.45) is 2.58. The Morgan fingerprint density at radius 1 is 1.12 bits per heavy atom. The van der Waals surface area contributed by atoms with Crippen LogP contribution in [0.3, 0.4) is 0 Å². The highest BCUT2D eigenvalue weighted by atomic mass is 19.3. The molecule has 0 amide bonds. The zero-order valence-electron chi connectivity index (χ0n) is 12.7. The molecule has 0 aliphatic rings. The van der Waals surface area contributed by atoms with Gasteiger partial charge in [0.25, 0.3) is 11.8 Å². The molecule has 24 heavy (non-hydrogen) atoms. The summed E-state index contributed by atoms with van der Waals surface area (Å²) >= 11 is 0. The van der Waals surface area contributed by atoms with Crippen LogP contribution in [0, 0.1) is 0 Å². The third kappa shape index (κ3) is 3.50. The van der Waals surface area contributed by atoms with Gasteiger partial charge in [0.2, 0.25) is 5.95 Å². The van der Waals surface area contributed by atoms with E-state index in [-0.39, 0.29) is 11.9 Å². The van der Waals surface area contributed by atoms with Crippen LogP contribution in [0.25, 0.3) is 11.5 Å². The van der Waals surface area contributed by atoms with E-state index in [2.05, 4.69) is 30.5 Å². The lowest BCUT2D eigenvalue weighted by atomic mass is 10.1. The molecule has 3 rings (SSSR count). The van der Waals surface area contributed by atoms with E-state index >= 15 is 0 Å². The van der Waals surface area contributed by atoms with Crippen molar-refractivity contribution in [3.8, 4) is 11.5 Å². The molecule has 3 aromatic rings. The van der Waals surface area contributed by atoms with E-state index in [0.29, 0.717) is 11.5 Å². The average molecular weight is 332 g/mol. The van der Waals surface area contributed by atoms with Gasteiger partial charge in [-0.25, -0.2) is 9.97 Å². The van der Waals surface area contributed by atoms with E-state index in [4.69, 9.17) is 4.42 Å². The van der Waals surface area contributed by atoms with Gasteiger partial charge in [0.15, 0.2) is 0 Å². The van der Waals surface area contributed by atoms with Gasteiger partial charge in [0, 0.05) is 18.6 Å². The van der Waals surface area contributed by atoms with Crippen molar-refractivity contribution in [1.82, 2.24) is 25.1 Å². The van der Waals surface area contributed by atoms with E-state index in [0.717, 1.165) is 12.1 Å². The van der Waals surface area contributed by atoms with Crippen molar-refractivity contribution in [2.45, 2.75) is 25.8 Å². The fourth-order valence-electron chi connectivity index (χ4n) is 2.08. The minimum absolute atomic E-state index is 0.0362. The highest BCUT2D eigenvalue weighted by Gasteiger charge is 2.18. The monoisotopic (exact) mass is 332 g/mol. The second-order valence-corrected chi connectivity index (χ2v) is 4.90. The summed E-state index contributed by atoms with van der Waals surface area (Å²) < 4.78 is 29.8. The zero-order valence-corrected chi connectivity index (χ0v) is 12.7. The van der Waals surface area contributed by atoms with Gasteiger partial charge in [-0.3, -0.25) is 4.98 Å². The van der Waals surface area contributed by atoms with Crippen LogP contribution in [0.1, 0.15) is 37.4 Å².